The lowest BCUT2D eigenvalue weighted by Crippen LogP contribution is -2.46. The molecule has 0 aliphatic carbocycles. The van der Waals surface area contributed by atoms with E-state index in [1.165, 1.54) is 0 Å². The molecule has 3 amide bonds. The first-order chi connectivity index (χ1) is 20.2. The Kier molecular flexibility index (Phi) is 8.92. The average molecular weight is 568 g/mol. The number of amides is 3. The summed E-state index contributed by atoms with van der Waals surface area (Å²) in [4.78, 5) is 45.9. The molecule has 0 atom stereocenters. The second kappa shape index (κ2) is 12.8. The highest BCUT2D eigenvalue weighted by molar-refractivity contribution is 6.07. The number of carbonyl (C=O) groups is 3. The summed E-state index contributed by atoms with van der Waals surface area (Å²) in [5.41, 5.74) is 4.39. The maximum Gasteiger partial charge on any atom is 0.255 e. The summed E-state index contributed by atoms with van der Waals surface area (Å²) in [5, 5.41) is 6.40. The Labute approximate surface area is 248 Å². The van der Waals surface area contributed by atoms with Crippen LogP contribution in [0.5, 0.6) is 0 Å². The van der Waals surface area contributed by atoms with Crippen LogP contribution in [0.4, 0.5) is 11.4 Å². The molecule has 5 rings (SSSR count). The molecule has 0 aromatic heterocycles. The number of carbonyl (C=O) groups excluding carboxylic acids is 3. The van der Waals surface area contributed by atoms with Crippen molar-refractivity contribution in [1.82, 2.24) is 15.1 Å². The standard InChI is InChI=1S/C34H41N5O3/c1-34(2,3)28-13-10-25(11-14-28)31(40)36-29-24-27(33(42)39-20-16-35-17-21-39)12-15-30(29)37-18-7-19-38(23-22-37)32(41)26-8-5-4-6-9-26/h4-6,8-15,24,35H,7,16-23H2,1-3H3,(H,36,40). The third-order valence-corrected chi connectivity index (χ3v) is 8.05. The predicted octanol–water partition coefficient (Wildman–Crippen LogP) is 4.63. The van der Waals surface area contributed by atoms with Gasteiger partial charge in [-0.15, -0.1) is 0 Å². The molecule has 2 heterocycles. The van der Waals surface area contributed by atoms with Crippen LogP contribution in [-0.4, -0.2) is 79.9 Å². The van der Waals surface area contributed by atoms with Crippen molar-refractivity contribution in [3.05, 3.63) is 95.1 Å². The largest absolute Gasteiger partial charge is 0.368 e. The minimum absolute atomic E-state index is 0.0105. The van der Waals surface area contributed by atoms with Gasteiger partial charge in [-0.25, -0.2) is 0 Å². The molecule has 3 aromatic carbocycles. The fourth-order valence-electron chi connectivity index (χ4n) is 5.54. The minimum Gasteiger partial charge on any atom is -0.368 e. The van der Waals surface area contributed by atoms with E-state index in [1.54, 1.807) is 6.07 Å². The van der Waals surface area contributed by atoms with Crippen molar-refractivity contribution in [3.63, 3.8) is 0 Å². The average Bonchev–Trinajstić information content (AvgIpc) is 3.27. The van der Waals surface area contributed by atoms with Crippen LogP contribution < -0.4 is 15.5 Å². The van der Waals surface area contributed by atoms with E-state index >= 15 is 0 Å². The molecule has 42 heavy (non-hydrogen) atoms. The van der Waals surface area contributed by atoms with Gasteiger partial charge in [-0.1, -0.05) is 51.1 Å². The SMILES string of the molecule is CC(C)(C)c1ccc(C(=O)Nc2cc(C(=O)N3CCNCC3)ccc2N2CCCN(C(=O)c3ccccc3)CC2)cc1. The topological polar surface area (TPSA) is 85.0 Å². The Morgan fingerprint density at radius 1 is 0.690 bits per heavy atom. The van der Waals surface area contributed by atoms with E-state index in [2.05, 4.69) is 36.3 Å². The van der Waals surface area contributed by atoms with Gasteiger partial charge in [-0.2, -0.15) is 0 Å². The van der Waals surface area contributed by atoms with Crippen LogP contribution >= 0.6 is 0 Å². The summed E-state index contributed by atoms with van der Waals surface area (Å²) in [5.74, 6) is -0.232. The molecule has 2 fully saturated rings. The third kappa shape index (κ3) is 6.82. The highest BCUT2D eigenvalue weighted by atomic mass is 16.2. The summed E-state index contributed by atoms with van der Waals surface area (Å²) in [6.45, 7) is 11.8. The van der Waals surface area contributed by atoms with Crippen LogP contribution in [0.2, 0.25) is 0 Å². The molecule has 0 unspecified atom stereocenters. The molecule has 0 saturated carbocycles. The Hall–Kier alpha value is -4.17. The number of hydrogen-bond donors (Lipinski definition) is 2. The van der Waals surface area contributed by atoms with Gasteiger partial charge < -0.3 is 25.3 Å². The maximum absolute atomic E-state index is 13.5. The smallest absolute Gasteiger partial charge is 0.255 e. The highest BCUT2D eigenvalue weighted by Crippen LogP contribution is 2.30. The van der Waals surface area contributed by atoms with Crippen LogP contribution in [0.15, 0.2) is 72.8 Å². The summed E-state index contributed by atoms with van der Waals surface area (Å²) in [6.07, 6.45) is 0.793. The Morgan fingerprint density at radius 2 is 1.33 bits per heavy atom. The molecule has 8 nitrogen and oxygen atoms in total. The van der Waals surface area contributed by atoms with Crippen LogP contribution in [0.25, 0.3) is 0 Å². The zero-order valence-electron chi connectivity index (χ0n) is 24.9. The van der Waals surface area contributed by atoms with Crippen LogP contribution in [0, 0.1) is 0 Å². The lowest BCUT2D eigenvalue weighted by atomic mass is 9.86. The van der Waals surface area contributed by atoms with Crippen molar-refractivity contribution in [1.29, 1.82) is 0 Å². The van der Waals surface area contributed by atoms with Crippen molar-refractivity contribution in [2.75, 3.05) is 62.6 Å². The molecular weight excluding hydrogens is 526 g/mol. The summed E-state index contributed by atoms with van der Waals surface area (Å²) < 4.78 is 0. The lowest BCUT2D eigenvalue weighted by molar-refractivity contribution is 0.0734. The first kappa shape index (κ1) is 29.3. The van der Waals surface area contributed by atoms with Gasteiger partial charge in [0.15, 0.2) is 0 Å². The zero-order chi connectivity index (χ0) is 29.7. The van der Waals surface area contributed by atoms with E-state index in [1.807, 2.05) is 76.5 Å². The lowest BCUT2D eigenvalue weighted by Gasteiger charge is -2.29. The van der Waals surface area contributed by atoms with Gasteiger partial charge >= 0.3 is 0 Å². The quantitative estimate of drug-likeness (QED) is 0.470. The van der Waals surface area contributed by atoms with Gasteiger partial charge in [0.2, 0.25) is 0 Å². The van der Waals surface area contributed by atoms with Crippen molar-refractivity contribution in [2.45, 2.75) is 32.6 Å². The molecular formula is C34H41N5O3. The van der Waals surface area contributed by atoms with Gasteiger partial charge in [-0.3, -0.25) is 14.4 Å². The van der Waals surface area contributed by atoms with Gasteiger partial charge in [0, 0.05) is 69.0 Å². The van der Waals surface area contributed by atoms with E-state index in [-0.39, 0.29) is 23.1 Å². The molecule has 3 aromatic rings. The number of anilines is 2. The van der Waals surface area contributed by atoms with E-state index in [4.69, 9.17) is 0 Å². The van der Waals surface area contributed by atoms with E-state index in [0.29, 0.717) is 55.1 Å². The molecule has 0 spiro atoms. The molecule has 2 aliphatic heterocycles. The fourth-order valence-corrected chi connectivity index (χ4v) is 5.54. The van der Waals surface area contributed by atoms with Crippen molar-refractivity contribution < 1.29 is 14.4 Å². The summed E-state index contributed by atoms with van der Waals surface area (Å²) in [7, 11) is 0. The van der Waals surface area contributed by atoms with E-state index in [0.717, 1.165) is 37.3 Å². The molecule has 2 saturated heterocycles. The number of hydrogen-bond acceptors (Lipinski definition) is 5. The third-order valence-electron chi connectivity index (χ3n) is 8.05. The second-order valence-corrected chi connectivity index (χ2v) is 12.1. The number of benzene rings is 3. The number of nitrogens with zero attached hydrogens (tertiary/aromatic N) is 3. The first-order valence-electron chi connectivity index (χ1n) is 14.9. The van der Waals surface area contributed by atoms with Gasteiger partial charge in [0.25, 0.3) is 17.7 Å². The van der Waals surface area contributed by atoms with Crippen LogP contribution in [0.3, 0.4) is 0 Å². The van der Waals surface area contributed by atoms with Crippen molar-refractivity contribution in [2.24, 2.45) is 0 Å². The molecule has 0 radical (unpaired) electrons. The maximum atomic E-state index is 13.5. The number of rotatable bonds is 5. The van der Waals surface area contributed by atoms with Crippen molar-refractivity contribution >= 4 is 29.1 Å². The van der Waals surface area contributed by atoms with E-state index < -0.39 is 0 Å². The fraction of sp³-hybridized carbons (Fsp3) is 0.382. The summed E-state index contributed by atoms with van der Waals surface area (Å²) in [6, 6.07) is 22.6. The van der Waals surface area contributed by atoms with Crippen LogP contribution in [-0.2, 0) is 5.41 Å². The zero-order valence-corrected chi connectivity index (χ0v) is 24.9. The normalized spacial score (nSPS) is 16.1. The Balaban J connectivity index is 1.39. The van der Waals surface area contributed by atoms with Gasteiger partial charge in [0.05, 0.1) is 11.4 Å². The first-order valence-corrected chi connectivity index (χ1v) is 14.9. The molecule has 2 N–H and O–H groups in total. The molecule has 2 aliphatic rings. The van der Waals surface area contributed by atoms with Crippen LogP contribution in [0.1, 0.15) is 63.8 Å². The summed E-state index contributed by atoms with van der Waals surface area (Å²) >= 11 is 0. The number of nitrogens with one attached hydrogen (secondary N) is 2. The Bertz CT molecular complexity index is 1410. The monoisotopic (exact) mass is 567 g/mol. The van der Waals surface area contributed by atoms with E-state index in [9.17, 15) is 14.4 Å². The molecule has 0 bridgehead atoms. The van der Waals surface area contributed by atoms with Gasteiger partial charge in [0.1, 0.15) is 0 Å². The molecule has 220 valence electrons. The van der Waals surface area contributed by atoms with Crippen molar-refractivity contribution in [3.8, 4) is 0 Å². The number of piperazine rings is 1. The molecule has 8 heteroatoms. The Morgan fingerprint density at radius 3 is 2.02 bits per heavy atom. The highest BCUT2D eigenvalue weighted by Gasteiger charge is 2.25. The minimum atomic E-state index is -0.223. The predicted molar refractivity (Wildman–Crippen MR) is 167 cm³/mol. The second-order valence-electron chi connectivity index (χ2n) is 12.1. The van der Waals surface area contributed by atoms with Gasteiger partial charge in [-0.05, 0) is 59.9 Å².